The summed E-state index contributed by atoms with van der Waals surface area (Å²) in [7, 11) is 0. The van der Waals surface area contributed by atoms with Crippen LogP contribution in [0.1, 0.15) is 82.9 Å². The fraction of sp³-hybridized carbons (Fsp3) is 0.111. The van der Waals surface area contributed by atoms with Gasteiger partial charge >= 0.3 is 0 Å². The van der Waals surface area contributed by atoms with Crippen molar-refractivity contribution in [1.82, 2.24) is 20.3 Å². The number of nitrogens with one attached hydrogen (secondary N) is 1. The Bertz CT molecular complexity index is 3840. The van der Waals surface area contributed by atoms with Gasteiger partial charge < -0.3 is 5.32 Å². The van der Waals surface area contributed by atoms with Crippen molar-refractivity contribution in [3.8, 4) is 45.0 Å². The zero-order valence-electron chi connectivity index (χ0n) is 43.8. The van der Waals surface area contributed by atoms with Crippen molar-refractivity contribution in [3.63, 3.8) is 0 Å². The van der Waals surface area contributed by atoms with Gasteiger partial charge in [0.25, 0.3) is 0 Å². The molecule has 0 bridgehead atoms. The molecule has 0 amide bonds. The highest BCUT2D eigenvalue weighted by Gasteiger charge is 2.47. The minimum Gasteiger partial charge on any atom is -0.340 e. The van der Waals surface area contributed by atoms with Crippen LogP contribution >= 0.6 is 0 Å². The quantitative estimate of drug-likeness (QED) is 0.0978. The molecule has 0 spiro atoms. The lowest BCUT2D eigenvalue weighted by atomic mass is 9.65. The number of allylic oxidation sites excluding steroid dienone is 10. The van der Waals surface area contributed by atoms with Gasteiger partial charge in [-0.3, -0.25) is 0 Å². The molecule has 1 N–H and O–H groups in total. The van der Waals surface area contributed by atoms with Gasteiger partial charge in [-0.05, 0) is 112 Å². The predicted molar refractivity (Wildman–Crippen MR) is 318 cm³/mol. The lowest BCUT2D eigenvalue weighted by Gasteiger charge is -2.36. The van der Waals surface area contributed by atoms with Crippen molar-refractivity contribution in [2.24, 2.45) is 4.99 Å². The highest BCUT2D eigenvalue weighted by Crippen LogP contribution is 2.58. The molecule has 372 valence electrons. The van der Waals surface area contributed by atoms with Gasteiger partial charge in [-0.15, -0.1) is 0 Å². The second kappa shape index (κ2) is 21.1. The number of amidine groups is 1. The molecule has 0 radical (unpaired) electrons. The molecule has 2 atom stereocenters. The Labute approximate surface area is 453 Å². The summed E-state index contributed by atoms with van der Waals surface area (Å²) in [6.45, 7) is 11.0. The Morgan fingerprint density at radius 1 is 0.610 bits per heavy atom. The number of aromatic nitrogens is 3. The third-order valence-corrected chi connectivity index (χ3v) is 15.4. The van der Waals surface area contributed by atoms with E-state index in [4.69, 9.17) is 19.9 Å². The number of benzene rings is 8. The van der Waals surface area contributed by atoms with Crippen LogP contribution in [0.25, 0.3) is 50.7 Å². The number of nitrogens with zero attached hydrogens (tertiary/aromatic N) is 4. The SMILES string of the molecule is C=C(NC(=N/C(C)=C1\C=CC=C(C)C1)c1ccc(C2(C3=CCC(c4nc(-c5ccccc5)nc(-c5ccccc5)n4)C=C3)c3ccccc3-c3ccc(Cc4ccccc4-c4ccccc4C)cc32)cc1)c1ccccc1. The maximum absolute atomic E-state index is 5.36. The van der Waals surface area contributed by atoms with E-state index in [0.717, 1.165) is 58.1 Å². The number of fused-ring (bicyclic) bond motifs is 3. The maximum Gasteiger partial charge on any atom is 0.163 e. The fourth-order valence-electron chi connectivity index (χ4n) is 11.5. The first-order chi connectivity index (χ1) is 37.8. The third-order valence-electron chi connectivity index (χ3n) is 15.4. The second-order valence-electron chi connectivity index (χ2n) is 20.4. The zero-order valence-corrected chi connectivity index (χ0v) is 43.8. The van der Waals surface area contributed by atoms with Crippen LogP contribution < -0.4 is 5.32 Å². The van der Waals surface area contributed by atoms with Crippen LogP contribution in [-0.4, -0.2) is 20.8 Å². The molecule has 9 aromatic rings. The van der Waals surface area contributed by atoms with Gasteiger partial charge in [0.05, 0.1) is 5.41 Å². The van der Waals surface area contributed by atoms with Crippen molar-refractivity contribution in [2.75, 3.05) is 0 Å². The van der Waals surface area contributed by atoms with Gasteiger partial charge in [0.2, 0.25) is 0 Å². The maximum atomic E-state index is 5.36. The number of hydrogen-bond acceptors (Lipinski definition) is 4. The second-order valence-corrected chi connectivity index (χ2v) is 20.4. The van der Waals surface area contributed by atoms with Crippen LogP contribution in [-0.2, 0) is 11.8 Å². The van der Waals surface area contributed by atoms with Gasteiger partial charge in [0.15, 0.2) is 11.6 Å². The molecule has 2 unspecified atom stereocenters. The molecule has 0 aliphatic heterocycles. The first kappa shape index (κ1) is 48.6. The van der Waals surface area contributed by atoms with E-state index in [1.165, 1.54) is 72.4 Å². The molecule has 0 saturated carbocycles. The molecule has 77 heavy (non-hydrogen) atoms. The summed E-state index contributed by atoms with van der Waals surface area (Å²) in [5.74, 6) is 2.75. The van der Waals surface area contributed by atoms with Gasteiger partial charge in [0.1, 0.15) is 11.7 Å². The van der Waals surface area contributed by atoms with Crippen LogP contribution in [0.5, 0.6) is 0 Å². The van der Waals surface area contributed by atoms with Crippen molar-refractivity contribution < 1.29 is 0 Å². The van der Waals surface area contributed by atoms with Crippen molar-refractivity contribution in [3.05, 3.63) is 322 Å². The number of aryl methyl sites for hydroxylation is 1. The Hall–Kier alpha value is -9.32. The lowest BCUT2D eigenvalue weighted by Crippen LogP contribution is -2.30. The molecule has 1 aromatic heterocycles. The van der Waals surface area contributed by atoms with Crippen molar-refractivity contribution in [2.45, 2.75) is 51.4 Å². The third kappa shape index (κ3) is 9.58. The largest absolute Gasteiger partial charge is 0.340 e. The molecular formula is C72H59N5. The molecule has 5 nitrogen and oxygen atoms in total. The summed E-state index contributed by atoms with van der Waals surface area (Å²) in [6.07, 6.45) is 15.9. The zero-order chi connectivity index (χ0) is 52.3. The first-order valence-electron chi connectivity index (χ1n) is 26.7. The standard InChI is InChI=1S/C72H59N5/c1-48-21-20-30-58(45-48)51(4)74-68(73-50(3)53-23-8-5-9-24-53)56-36-40-60(41-37-56)72(61-42-38-57(39-43-61)71-76-69(54-25-10-6-11-26-54)75-70(77-71)55-27-12-7-13-28-55)66-34-19-18-33-64(66)65-44-35-52(47-67(65)72)46-59-29-15-17-32-63(59)62-31-16-14-22-49(62)2/h5-38,40-44,47,57H,3,39,45-46H2,1-2,4H3,(H,73,74)/b58-51+. The molecule has 3 aliphatic rings. The smallest absolute Gasteiger partial charge is 0.163 e. The summed E-state index contributed by atoms with van der Waals surface area (Å²) in [5, 5.41) is 3.67. The van der Waals surface area contributed by atoms with E-state index in [2.05, 4.69) is 221 Å². The van der Waals surface area contributed by atoms with E-state index < -0.39 is 5.41 Å². The van der Waals surface area contributed by atoms with E-state index in [1.54, 1.807) is 0 Å². The molecule has 0 saturated heterocycles. The summed E-state index contributed by atoms with van der Waals surface area (Å²) >= 11 is 0. The van der Waals surface area contributed by atoms with E-state index in [0.29, 0.717) is 18.1 Å². The van der Waals surface area contributed by atoms with Crippen molar-refractivity contribution in [1.29, 1.82) is 0 Å². The molecule has 12 rings (SSSR count). The Balaban J connectivity index is 1.00. The summed E-state index contributed by atoms with van der Waals surface area (Å²) < 4.78 is 0. The van der Waals surface area contributed by atoms with Crippen LogP contribution in [0, 0.1) is 6.92 Å². The highest BCUT2D eigenvalue weighted by molar-refractivity contribution is 6.04. The summed E-state index contributed by atoms with van der Waals surface area (Å²) in [5.41, 5.74) is 21.2. The highest BCUT2D eigenvalue weighted by atomic mass is 15.0. The normalized spacial score (nSPS) is 17.2. The topological polar surface area (TPSA) is 63.1 Å². The van der Waals surface area contributed by atoms with Crippen LogP contribution in [0.15, 0.2) is 277 Å². The van der Waals surface area contributed by atoms with Gasteiger partial charge in [-0.2, -0.15) is 0 Å². The van der Waals surface area contributed by atoms with E-state index in [1.807, 2.05) is 54.6 Å². The van der Waals surface area contributed by atoms with Crippen LogP contribution in [0.3, 0.4) is 0 Å². The number of rotatable bonds is 12. The van der Waals surface area contributed by atoms with Gasteiger partial charge in [-0.25, -0.2) is 19.9 Å². The minimum atomic E-state index is -0.673. The predicted octanol–water partition coefficient (Wildman–Crippen LogP) is 16.9. The first-order valence-corrected chi connectivity index (χ1v) is 26.7. The van der Waals surface area contributed by atoms with E-state index in [9.17, 15) is 0 Å². The molecule has 0 fully saturated rings. The summed E-state index contributed by atoms with van der Waals surface area (Å²) in [4.78, 5) is 20.8. The van der Waals surface area contributed by atoms with Gasteiger partial charge in [-0.1, -0.05) is 255 Å². The average molecular weight is 994 g/mol. The number of hydrogen-bond donors (Lipinski definition) is 1. The Morgan fingerprint density at radius 2 is 1.23 bits per heavy atom. The molecular weight excluding hydrogens is 935 g/mol. The summed E-state index contributed by atoms with van der Waals surface area (Å²) in [6, 6.07) is 73.6. The van der Waals surface area contributed by atoms with Crippen molar-refractivity contribution >= 4 is 11.5 Å². The molecule has 5 heteroatoms. The van der Waals surface area contributed by atoms with E-state index >= 15 is 0 Å². The Kier molecular flexibility index (Phi) is 13.3. The van der Waals surface area contributed by atoms with Crippen LogP contribution in [0.4, 0.5) is 0 Å². The van der Waals surface area contributed by atoms with Crippen LogP contribution in [0.2, 0.25) is 0 Å². The van der Waals surface area contributed by atoms with E-state index in [-0.39, 0.29) is 5.92 Å². The molecule has 1 heterocycles. The van der Waals surface area contributed by atoms with Gasteiger partial charge in [0, 0.05) is 34.0 Å². The monoisotopic (exact) mass is 993 g/mol. The molecule has 3 aliphatic carbocycles. The fourth-order valence-corrected chi connectivity index (χ4v) is 11.5. The average Bonchev–Trinajstić information content (AvgIpc) is 3.89. The lowest BCUT2D eigenvalue weighted by molar-refractivity contribution is 0.712. The Morgan fingerprint density at radius 3 is 1.91 bits per heavy atom. The molecule has 8 aromatic carbocycles. The number of aliphatic imine (C=N–C) groups is 1. The minimum absolute atomic E-state index is 0.0790.